The molecule has 1 aliphatic rings. The van der Waals surface area contributed by atoms with Gasteiger partial charge >= 0.3 is 6.09 Å². The lowest BCUT2D eigenvalue weighted by Gasteiger charge is -2.37. The molecule has 1 atom stereocenters. The van der Waals surface area contributed by atoms with E-state index in [0.29, 0.717) is 17.9 Å². The summed E-state index contributed by atoms with van der Waals surface area (Å²) in [5.74, 6) is 1.40. The van der Waals surface area contributed by atoms with Gasteiger partial charge in [-0.25, -0.2) is 4.79 Å². The van der Waals surface area contributed by atoms with Crippen LogP contribution in [0.15, 0.2) is 0 Å². The number of alkyl carbamates (subject to hydrolysis) is 1. The normalized spacial score (nSPS) is 24.8. The zero-order chi connectivity index (χ0) is 14.6. The van der Waals surface area contributed by atoms with Gasteiger partial charge in [0, 0.05) is 12.1 Å². The first kappa shape index (κ1) is 16.3. The summed E-state index contributed by atoms with van der Waals surface area (Å²) >= 11 is 0. The Bertz CT molecular complexity index is 291. The van der Waals surface area contributed by atoms with Crippen LogP contribution in [0.5, 0.6) is 0 Å². The highest BCUT2D eigenvalue weighted by Crippen LogP contribution is 2.21. The van der Waals surface area contributed by atoms with Gasteiger partial charge in [-0.15, -0.1) is 0 Å². The van der Waals surface area contributed by atoms with Gasteiger partial charge in [-0.3, -0.25) is 0 Å². The second-order valence-corrected chi connectivity index (χ2v) is 7.14. The van der Waals surface area contributed by atoms with E-state index < -0.39 is 5.60 Å². The Hall–Kier alpha value is -0.770. The average Bonchev–Trinajstić information content (AvgIpc) is 2.17. The molecule has 0 aromatic heterocycles. The topological polar surface area (TPSA) is 50.4 Å². The predicted octanol–water partition coefficient (Wildman–Crippen LogP) is 2.92. The highest BCUT2D eigenvalue weighted by Gasteiger charge is 2.31. The first-order valence-electron chi connectivity index (χ1n) is 7.40. The van der Waals surface area contributed by atoms with Crippen LogP contribution in [0.3, 0.4) is 0 Å². The lowest BCUT2D eigenvalue weighted by atomic mass is 9.86. The van der Waals surface area contributed by atoms with Crippen molar-refractivity contribution in [1.29, 1.82) is 0 Å². The maximum atomic E-state index is 11.6. The minimum atomic E-state index is -0.418. The van der Waals surface area contributed by atoms with E-state index in [1.165, 1.54) is 0 Å². The Labute approximate surface area is 117 Å². The van der Waals surface area contributed by atoms with E-state index in [0.717, 1.165) is 19.4 Å². The quantitative estimate of drug-likeness (QED) is 0.807. The van der Waals surface area contributed by atoms with Crippen LogP contribution >= 0.6 is 0 Å². The molecule has 1 unspecified atom stereocenters. The number of nitrogens with one attached hydrogen (secondary N) is 2. The van der Waals surface area contributed by atoms with Crippen LogP contribution in [0.2, 0.25) is 0 Å². The monoisotopic (exact) mass is 270 g/mol. The van der Waals surface area contributed by atoms with Gasteiger partial charge in [0.25, 0.3) is 0 Å². The molecular weight excluding hydrogens is 240 g/mol. The maximum Gasteiger partial charge on any atom is 0.407 e. The largest absolute Gasteiger partial charge is 0.444 e. The molecule has 0 aliphatic heterocycles. The SMILES string of the molecule is CC(C)C(C)CNC1CC(NC(=O)OC(C)(C)C)C1. The molecule has 0 heterocycles. The predicted molar refractivity (Wildman–Crippen MR) is 78.2 cm³/mol. The molecule has 1 saturated carbocycles. The molecule has 1 rings (SSSR count). The Morgan fingerprint density at radius 2 is 1.79 bits per heavy atom. The van der Waals surface area contributed by atoms with Crippen molar-refractivity contribution in [3.05, 3.63) is 0 Å². The van der Waals surface area contributed by atoms with Crippen molar-refractivity contribution in [2.24, 2.45) is 11.8 Å². The fourth-order valence-electron chi connectivity index (χ4n) is 1.96. The third-order valence-electron chi connectivity index (χ3n) is 3.73. The van der Waals surface area contributed by atoms with Crippen molar-refractivity contribution >= 4 is 6.09 Å². The van der Waals surface area contributed by atoms with Crippen LogP contribution in [-0.2, 0) is 4.74 Å². The molecule has 4 heteroatoms. The van der Waals surface area contributed by atoms with E-state index in [1.54, 1.807) is 0 Å². The average molecular weight is 270 g/mol. The summed E-state index contributed by atoms with van der Waals surface area (Å²) in [6, 6.07) is 0.808. The number of rotatable bonds is 5. The number of amides is 1. The number of ether oxygens (including phenoxy) is 1. The van der Waals surface area contributed by atoms with Crippen molar-refractivity contribution in [2.45, 2.75) is 72.1 Å². The molecule has 2 N–H and O–H groups in total. The molecule has 1 amide bonds. The molecule has 0 spiro atoms. The van der Waals surface area contributed by atoms with E-state index in [9.17, 15) is 4.79 Å². The van der Waals surface area contributed by atoms with E-state index >= 15 is 0 Å². The Kier molecular flexibility index (Phi) is 5.65. The minimum Gasteiger partial charge on any atom is -0.444 e. The van der Waals surface area contributed by atoms with Gasteiger partial charge in [0.1, 0.15) is 5.60 Å². The minimum absolute atomic E-state index is 0.265. The van der Waals surface area contributed by atoms with Gasteiger partial charge in [0.15, 0.2) is 0 Å². The first-order chi connectivity index (χ1) is 8.67. The number of carbonyl (C=O) groups is 1. The molecule has 0 saturated heterocycles. The van der Waals surface area contributed by atoms with Gasteiger partial charge in [-0.2, -0.15) is 0 Å². The highest BCUT2D eigenvalue weighted by atomic mass is 16.6. The second-order valence-electron chi connectivity index (χ2n) is 7.14. The summed E-state index contributed by atoms with van der Waals surface area (Å²) in [5, 5.41) is 6.47. The van der Waals surface area contributed by atoms with Crippen LogP contribution in [0.1, 0.15) is 54.4 Å². The van der Waals surface area contributed by atoms with E-state index in [1.807, 2.05) is 20.8 Å². The van der Waals surface area contributed by atoms with Crippen LogP contribution in [0.4, 0.5) is 4.79 Å². The summed E-state index contributed by atoms with van der Waals surface area (Å²) in [6.45, 7) is 13.5. The number of hydrogen-bond acceptors (Lipinski definition) is 3. The fourth-order valence-corrected chi connectivity index (χ4v) is 1.96. The van der Waals surface area contributed by atoms with Crippen molar-refractivity contribution in [3.8, 4) is 0 Å². The third kappa shape index (κ3) is 6.28. The standard InChI is InChI=1S/C15H30N2O2/c1-10(2)11(3)9-16-12-7-13(8-12)17-14(18)19-15(4,5)6/h10-13,16H,7-9H2,1-6H3,(H,17,18). The van der Waals surface area contributed by atoms with E-state index in [2.05, 4.69) is 31.4 Å². The Morgan fingerprint density at radius 3 is 2.26 bits per heavy atom. The number of hydrogen-bond donors (Lipinski definition) is 2. The molecule has 1 fully saturated rings. The summed E-state index contributed by atoms with van der Waals surface area (Å²) in [6.07, 6.45) is 1.71. The molecule has 0 aromatic carbocycles. The van der Waals surface area contributed by atoms with Gasteiger partial charge in [0.2, 0.25) is 0 Å². The Balaban J connectivity index is 2.12. The maximum absolute atomic E-state index is 11.6. The molecule has 112 valence electrons. The second kappa shape index (κ2) is 6.60. The van der Waals surface area contributed by atoms with E-state index in [4.69, 9.17) is 4.74 Å². The van der Waals surface area contributed by atoms with Crippen molar-refractivity contribution in [2.75, 3.05) is 6.54 Å². The molecule has 1 aliphatic carbocycles. The summed E-state index contributed by atoms with van der Waals surface area (Å²) in [5.41, 5.74) is -0.418. The number of carbonyl (C=O) groups excluding carboxylic acids is 1. The molecule has 0 radical (unpaired) electrons. The fraction of sp³-hybridized carbons (Fsp3) is 0.933. The third-order valence-corrected chi connectivity index (χ3v) is 3.73. The van der Waals surface area contributed by atoms with Gasteiger partial charge < -0.3 is 15.4 Å². The zero-order valence-electron chi connectivity index (χ0n) is 13.2. The first-order valence-corrected chi connectivity index (χ1v) is 7.40. The Morgan fingerprint density at radius 1 is 1.21 bits per heavy atom. The van der Waals surface area contributed by atoms with Crippen molar-refractivity contribution in [3.63, 3.8) is 0 Å². The van der Waals surface area contributed by atoms with E-state index in [-0.39, 0.29) is 12.1 Å². The van der Waals surface area contributed by atoms with Crippen LogP contribution in [-0.4, -0.2) is 30.3 Å². The van der Waals surface area contributed by atoms with Gasteiger partial charge in [0.05, 0.1) is 0 Å². The lowest BCUT2D eigenvalue weighted by molar-refractivity contribution is 0.0464. The molecule has 0 bridgehead atoms. The lowest BCUT2D eigenvalue weighted by Crippen LogP contribution is -2.53. The summed E-state index contributed by atoms with van der Waals surface area (Å²) in [7, 11) is 0. The summed E-state index contributed by atoms with van der Waals surface area (Å²) in [4.78, 5) is 11.6. The zero-order valence-corrected chi connectivity index (χ0v) is 13.2. The molecule has 4 nitrogen and oxygen atoms in total. The molecular formula is C15H30N2O2. The van der Waals surface area contributed by atoms with Gasteiger partial charge in [-0.1, -0.05) is 20.8 Å². The smallest absolute Gasteiger partial charge is 0.407 e. The van der Waals surface area contributed by atoms with Crippen molar-refractivity contribution in [1.82, 2.24) is 10.6 Å². The highest BCUT2D eigenvalue weighted by molar-refractivity contribution is 5.68. The van der Waals surface area contributed by atoms with Gasteiger partial charge in [-0.05, 0) is 52.0 Å². The summed E-state index contributed by atoms with van der Waals surface area (Å²) < 4.78 is 5.24. The van der Waals surface area contributed by atoms with Crippen molar-refractivity contribution < 1.29 is 9.53 Å². The molecule has 0 aromatic rings. The van der Waals surface area contributed by atoms with Crippen LogP contribution in [0.25, 0.3) is 0 Å². The molecule has 19 heavy (non-hydrogen) atoms. The van der Waals surface area contributed by atoms with Crippen LogP contribution < -0.4 is 10.6 Å². The van der Waals surface area contributed by atoms with Crippen LogP contribution in [0, 0.1) is 11.8 Å².